The minimum absolute atomic E-state index is 0.169. The van der Waals surface area contributed by atoms with Crippen LogP contribution in [0, 0.1) is 0 Å². The first-order valence-corrected chi connectivity index (χ1v) is 18.6. The van der Waals surface area contributed by atoms with Crippen LogP contribution in [0.25, 0.3) is 11.1 Å². The van der Waals surface area contributed by atoms with Crippen molar-refractivity contribution in [1.82, 2.24) is 0 Å². The van der Waals surface area contributed by atoms with Gasteiger partial charge in [-0.2, -0.15) is 0 Å². The highest BCUT2D eigenvalue weighted by molar-refractivity contribution is 7.85. The molecule has 3 heteroatoms. The van der Waals surface area contributed by atoms with Gasteiger partial charge < -0.3 is 9.30 Å². The predicted molar refractivity (Wildman–Crippen MR) is 202 cm³/mol. The van der Waals surface area contributed by atoms with Gasteiger partial charge in [-0.05, 0) is 51.6 Å². The van der Waals surface area contributed by atoms with E-state index in [1.165, 1.54) is 22.3 Å². The zero-order chi connectivity index (χ0) is 33.2. The molecule has 7 aromatic carbocycles. The van der Waals surface area contributed by atoms with Gasteiger partial charge in [-0.1, -0.05) is 172 Å². The highest BCUT2D eigenvalue weighted by Crippen LogP contribution is 2.61. The van der Waals surface area contributed by atoms with Crippen molar-refractivity contribution in [3.8, 4) is 22.6 Å². The van der Waals surface area contributed by atoms with Crippen molar-refractivity contribution < 1.29 is 9.30 Å². The molecule has 0 saturated heterocycles. The number of hydrogen-bond donors (Lipinski definition) is 0. The Bertz CT molecular complexity index is 2330. The topological polar surface area (TPSA) is 26.3 Å². The SMILES string of the molecule is CC1(C)c2ccccc2C2(c3ccccc3Oc3cc(-c4cccc(P(=O)(c5ccccc5)c5ccccc5)c4)ccc32)c2ccccc21. The van der Waals surface area contributed by atoms with Crippen molar-refractivity contribution in [2.75, 3.05) is 0 Å². The molecule has 1 heterocycles. The normalized spacial score (nSPS) is 14.9. The number of para-hydroxylation sites is 1. The molecule has 0 N–H and O–H groups in total. The van der Waals surface area contributed by atoms with Crippen LogP contribution in [-0.2, 0) is 15.4 Å². The highest BCUT2D eigenvalue weighted by Gasteiger charge is 2.52. The van der Waals surface area contributed by atoms with Crippen LogP contribution < -0.4 is 20.7 Å². The lowest BCUT2D eigenvalue weighted by Crippen LogP contribution is -2.43. The first kappa shape index (κ1) is 29.7. The largest absolute Gasteiger partial charge is 0.457 e. The van der Waals surface area contributed by atoms with Crippen molar-refractivity contribution in [2.24, 2.45) is 0 Å². The van der Waals surface area contributed by atoms with Crippen molar-refractivity contribution >= 4 is 23.1 Å². The summed E-state index contributed by atoms with van der Waals surface area (Å²) in [7, 11) is -3.13. The van der Waals surface area contributed by atoms with Gasteiger partial charge in [0.25, 0.3) is 0 Å². The predicted octanol–water partition coefficient (Wildman–Crippen LogP) is 10.1. The van der Waals surface area contributed by atoms with Gasteiger partial charge in [0, 0.05) is 32.5 Å². The maximum Gasteiger partial charge on any atom is 0.171 e. The van der Waals surface area contributed by atoms with Crippen molar-refractivity contribution in [2.45, 2.75) is 24.7 Å². The van der Waals surface area contributed by atoms with Gasteiger partial charge in [0.1, 0.15) is 11.5 Å². The highest BCUT2D eigenvalue weighted by atomic mass is 31.2. The third kappa shape index (κ3) is 4.24. The zero-order valence-electron chi connectivity index (χ0n) is 27.5. The standard InChI is InChI=1S/C46H35O2P/c1-45(2)37-22-9-11-24-39(37)46(40-25-12-10-23-38(40)45)41-26-13-14-27-43(41)48-44-31-33(28-29-42(44)46)32-16-15-21-36(30-32)49(47,34-17-5-3-6-18-34)35-19-7-4-8-20-35/h3-31H,1-2H3. The Labute approximate surface area is 288 Å². The van der Waals surface area contributed by atoms with Crippen molar-refractivity contribution in [1.29, 1.82) is 0 Å². The lowest BCUT2D eigenvalue weighted by molar-refractivity contribution is 0.425. The fraction of sp³-hybridized carbons (Fsp3) is 0.0870. The van der Waals surface area contributed by atoms with E-state index < -0.39 is 12.6 Å². The summed E-state index contributed by atoms with van der Waals surface area (Å²) in [5.74, 6) is 1.70. The second kappa shape index (κ2) is 11.1. The van der Waals surface area contributed by atoms with Gasteiger partial charge in [0.2, 0.25) is 0 Å². The second-order valence-corrected chi connectivity index (χ2v) is 16.4. The number of ether oxygens (including phenoxy) is 1. The Morgan fingerprint density at radius 1 is 0.408 bits per heavy atom. The van der Waals surface area contributed by atoms with Gasteiger partial charge in [-0.25, -0.2) is 0 Å². The van der Waals surface area contributed by atoms with Crippen molar-refractivity contribution in [3.05, 3.63) is 209 Å². The molecule has 7 aromatic rings. The molecule has 0 amide bonds. The lowest BCUT2D eigenvalue weighted by Gasteiger charge is -2.50. The summed E-state index contributed by atoms with van der Waals surface area (Å²) >= 11 is 0. The average Bonchev–Trinajstić information content (AvgIpc) is 3.17. The van der Waals surface area contributed by atoms with Crippen LogP contribution >= 0.6 is 7.14 Å². The molecule has 9 rings (SSSR count). The third-order valence-electron chi connectivity index (χ3n) is 10.7. The quantitative estimate of drug-likeness (QED) is 0.177. The number of rotatable bonds is 4. The Morgan fingerprint density at radius 3 is 1.49 bits per heavy atom. The summed E-state index contributed by atoms with van der Waals surface area (Å²) in [5.41, 5.74) is 8.79. The monoisotopic (exact) mass is 650 g/mol. The van der Waals surface area contributed by atoms with Gasteiger partial charge in [0.05, 0.1) is 5.41 Å². The molecule has 0 radical (unpaired) electrons. The molecule has 1 aliphatic carbocycles. The van der Waals surface area contributed by atoms with E-state index in [0.29, 0.717) is 0 Å². The Balaban J connectivity index is 1.26. The van der Waals surface area contributed by atoms with Crippen LogP contribution in [-0.4, -0.2) is 0 Å². The van der Waals surface area contributed by atoms with E-state index >= 15 is 4.57 Å². The van der Waals surface area contributed by atoms with Crippen LogP contribution in [0.4, 0.5) is 0 Å². The molecule has 49 heavy (non-hydrogen) atoms. The Hall–Kier alpha value is -5.43. The minimum atomic E-state index is -3.13. The molecule has 0 bridgehead atoms. The Kier molecular flexibility index (Phi) is 6.70. The molecule has 236 valence electrons. The fourth-order valence-electron chi connectivity index (χ4n) is 8.41. The van der Waals surface area contributed by atoms with Gasteiger partial charge in [0.15, 0.2) is 7.14 Å². The van der Waals surface area contributed by atoms with E-state index in [-0.39, 0.29) is 5.41 Å². The van der Waals surface area contributed by atoms with Gasteiger partial charge in [-0.3, -0.25) is 0 Å². The van der Waals surface area contributed by atoms with Crippen LogP contribution in [0.5, 0.6) is 11.5 Å². The first-order valence-electron chi connectivity index (χ1n) is 16.9. The molecule has 0 unspecified atom stereocenters. The summed E-state index contributed by atoms with van der Waals surface area (Å²) in [6, 6.07) is 60.9. The minimum Gasteiger partial charge on any atom is -0.457 e. The molecular formula is C46H35O2P. The maximum absolute atomic E-state index is 15.2. The molecule has 2 aliphatic rings. The molecule has 1 spiro atoms. The molecule has 0 atom stereocenters. The van der Waals surface area contributed by atoms with Crippen LogP contribution in [0.2, 0.25) is 0 Å². The van der Waals surface area contributed by atoms with E-state index in [0.717, 1.165) is 49.7 Å². The number of benzene rings is 7. The van der Waals surface area contributed by atoms with Crippen LogP contribution in [0.1, 0.15) is 47.2 Å². The summed E-state index contributed by atoms with van der Waals surface area (Å²) in [6.07, 6.45) is 0. The summed E-state index contributed by atoms with van der Waals surface area (Å²) in [4.78, 5) is 0. The molecule has 1 aliphatic heterocycles. The second-order valence-electron chi connectivity index (χ2n) is 13.6. The van der Waals surface area contributed by atoms with Crippen LogP contribution in [0.3, 0.4) is 0 Å². The zero-order valence-corrected chi connectivity index (χ0v) is 28.4. The molecular weight excluding hydrogens is 615 g/mol. The van der Waals surface area contributed by atoms with E-state index in [1.54, 1.807) is 0 Å². The maximum atomic E-state index is 15.2. The summed E-state index contributed by atoms with van der Waals surface area (Å²) in [6.45, 7) is 4.67. The number of hydrogen-bond acceptors (Lipinski definition) is 2. The molecule has 2 nitrogen and oxygen atoms in total. The number of fused-ring (bicyclic) bond motifs is 8. The smallest absolute Gasteiger partial charge is 0.171 e. The molecule has 0 aromatic heterocycles. The fourth-order valence-corrected chi connectivity index (χ4v) is 11.1. The van der Waals surface area contributed by atoms with E-state index in [4.69, 9.17) is 4.74 Å². The van der Waals surface area contributed by atoms with E-state index in [9.17, 15) is 0 Å². The van der Waals surface area contributed by atoms with Gasteiger partial charge in [-0.15, -0.1) is 0 Å². The van der Waals surface area contributed by atoms with Crippen LogP contribution in [0.15, 0.2) is 176 Å². The van der Waals surface area contributed by atoms with E-state index in [1.807, 2.05) is 72.8 Å². The lowest BCUT2D eigenvalue weighted by atomic mass is 9.53. The molecule has 0 fully saturated rings. The third-order valence-corrected chi connectivity index (χ3v) is 13.7. The summed E-state index contributed by atoms with van der Waals surface area (Å²) in [5, 5.41) is 2.45. The molecule has 0 saturated carbocycles. The summed E-state index contributed by atoms with van der Waals surface area (Å²) < 4.78 is 22.1. The van der Waals surface area contributed by atoms with E-state index in [2.05, 4.69) is 117 Å². The van der Waals surface area contributed by atoms with Gasteiger partial charge >= 0.3 is 0 Å². The average molecular weight is 651 g/mol. The van der Waals surface area contributed by atoms with Crippen molar-refractivity contribution in [3.63, 3.8) is 0 Å². The Morgan fingerprint density at radius 2 is 0.878 bits per heavy atom. The first-order chi connectivity index (χ1) is 23.9.